The van der Waals surface area contributed by atoms with Crippen LogP contribution >= 0.6 is 23.1 Å². The molecule has 0 saturated heterocycles. The van der Waals surface area contributed by atoms with Gasteiger partial charge in [-0.05, 0) is 61.4 Å². The monoisotopic (exact) mass is 442 g/mol. The van der Waals surface area contributed by atoms with Crippen LogP contribution in [0.3, 0.4) is 0 Å². The Bertz CT molecular complexity index is 1070. The maximum Gasteiger partial charge on any atom is 0.267 e. The number of hydrogen-bond donors (Lipinski definition) is 0. The lowest BCUT2D eigenvalue weighted by atomic mass is 9.89. The van der Waals surface area contributed by atoms with Crippen LogP contribution in [-0.4, -0.2) is 22.4 Å². The van der Waals surface area contributed by atoms with E-state index < -0.39 is 0 Å². The lowest BCUT2D eigenvalue weighted by molar-refractivity contribution is 0.414. The first-order valence-electron chi connectivity index (χ1n) is 11.0. The molecule has 0 aliphatic heterocycles. The molecule has 0 bridgehead atoms. The first-order valence-corrected chi connectivity index (χ1v) is 12.8. The average Bonchev–Trinajstić information content (AvgIpc) is 3.11. The van der Waals surface area contributed by atoms with Crippen molar-refractivity contribution in [3.05, 3.63) is 45.1 Å². The van der Waals surface area contributed by atoms with E-state index in [1.165, 1.54) is 29.7 Å². The highest BCUT2D eigenvalue weighted by molar-refractivity contribution is 7.99. The normalized spacial score (nSPS) is 16.0. The molecule has 0 unspecified atom stereocenters. The number of fused-ring (bicyclic) bond motifs is 3. The summed E-state index contributed by atoms with van der Waals surface area (Å²) in [7, 11) is 1.66. The summed E-state index contributed by atoms with van der Waals surface area (Å²) < 4.78 is 7.12. The smallest absolute Gasteiger partial charge is 0.267 e. The number of thiophene rings is 1. The van der Waals surface area contributed by atoms with Crippen LogP contribution in [0.15, 0.2) is 34.2 Å². The number of unbranched alkanes of at least 4 members (excludes halogenated alkanes) is 3. The second-order valence-electron chi connectivity index (χ2n) is 8.17. The van der Waals surface area contributed by atoms with Gasteiger partial charge < -0.3 is 4.74 Å². The number of hydrogen-bond acceptors (Lipinski definition) is 5. The summed E-state index contributed by atoms with van der Waals surface area (Å²) in [6, 6.07) is 7.73. The number of nitrogens with zero attached hydrogens (tertiary/aromatic N) is 2. The molecule has 160 valence electrons. The maximum atomic E-state index is 13.7. The molecule has 1 aliphatic carbocycles. The molecule has 3 aromatic rings. The van der Waals surface area contributed by atoms with Crippen LogP contribution in [0, 0.1) is 5.92 Å². The molecule has 0 spiro atoms. The van der Waals surface area contributed by atoms with Crippen LogP contribution in [0.2, 0.25) is 0 Å². The van der Waals surface area contributed by atoms with Crippen molar-refractivity contribution in [3.8, 4) is 11.4 Å². The first-order chi connectivity index (χ1) is 14.6. The summed E-state index contributed by atoms with van der Waals surface area (Å²) in [6.45, 7) is 4.53. The SMILES string of the molecule is CCCCCCSc1nc2sc3c(c2c(=O)n1-c1ccc(OC)cc1)CC[C@@H](C)C3. The van der Waals surface area contributed by atoms with E-state index in [2.05, 4.69) is 13.8 Å². The van der Waals surface area contributed by atoms with Crippen molar-refractivity contribution in [2.24, 2.45) is 5.92 Å². The van der Waals surface area contributed by atoms with Crippen molar-refractivity contribution >= 4 is 33.3 Å². The number of rotatable bonds is 8. The van der Waals surface area contributed by atoms with Crippen LogP contribution in [0.4, 0.5) is 0 Å². The molecule has 2 heterocycles. The van der Waals surface area contributed by atoms with Crippen molar-refractivity contribution < 1.29 is 4.74 Å². The molecule has 4 rings (SSSR count). The highest BCUT2D eigenvalue weighted by Gasteiger charge is 2.25. The molecule has 1 aliphatic rings. The van der Waals surface area contributed by atoms with Crippen molar-refractivity contribution in [3.63, 3.8) is 0 Å². The summed E-state index contributed by atoms with van der Waals surface area (Å²) in [5, 5.41) is 1.65. The number of thioether (sulfide) groups is 1. The fourth-order valence-electron chi connectivity index (χ4n) is 4.12. The third-order valence-electron chi connectivity index (χ3n) is 5.86. The second-order valence-corrected chi connectivity index (χ2v) is 10.3. The molecule has 0 radical (unpaired) electrons. The third kappa shape index (κ3) is 4.30. The van der Waals surface area contributed by atoms with Gasteiger partial charge in [0, 0.05) is 10.6 Å². The Balaban J connectivity index is 1.79. The Hall–Kier alpha value is -1.79. The van der Waals surface area contributed by atoms with E-state index in [0.717, 1.165) is 58.2 Å². The first kappa shape index (κ1) is 21.4. The lowest BCUT2D eigenvalue weighted by Crippen LogP contribution is -2.22. The van der Waals surface area contributed by atoms with Gasteiger partial charge in [0.15, 0.2) is 5.16 Å². The summed E-state index contributed by atoms with van der Waals surface area (Å²) in [6.07, 6.45) is 8.06. The average molecular weight is 443 g/mol. The minimum Gasteiger partial charge on any atom is -0.497 e. The Morgan fingerprint density at radius 1 is 1.23 bits per heavy atom. The Morgan fingerprint density at radius 3 is 2.77 bits per heavy atom. The van der Waals surface area contributed by atoms with Gasteiger partial charge in [-0.15, -0.1) is 11.3 Å². The van der Waals surface area contributed by atoms with Crippen molar-refractivity contribution in [1.82, 2.24) is 9.55 Å². The van der Waals surface area contributed by atoms with E-state index in [9.17, 15) is 4.79 Å². The van der Waals surface area contributed by atoms with Crippen LogP contribution in [-0.2, 0) is 12.8 Å². The molecule has 0 N–H and O–H groups in total. The molecular weight excluding hydrogens is 412 g/mol. The quantitative estimate of drug-likeness (QED) is 0.235. The van der Waals surface area contributed by atoms with E-state index in [4.69, 9.17) is 9.72 Å². The molecule has 0 saturated carbocycles. The number of benzene rings is 1. The summed E-state index contributed by atoms with van der Waals surface area (Å²) in [5.74, 6) is 2.45. The van der Waals surface area contributed by atoms with Crippen LogP contribution in [0.1, 0.15) is 56.4 Å². The Kier molecular flexibility index (Phi) is 6.84. The van der Waals surface area contributed by atoms with Gasteiger partial charge in [0.1, 0.15) is 10.6 Å². The lowest BCUT2D eigenvalue weighted by Gasteiger charge is -2.18. The summed E-state index contributed by atoms with van der Waals surface area (Å²) >= 11 is 3.44. The minimum atomic E-state index is 0.0771. The predicted molar refractivity (Wildman–Crippen MR) is 128 cm³/mol. The van der Waals surface area contributed by atoms with Gasteiger partial charge in [0.2, 0.25) is 0 Å². The van der Waals surface area contributed by atoms with Gasteiger partial charge in [-0.2, -0.15) is 0 Å². The molecule has 1 atom stereocenters. The van der Waals surface area contributed by atoms with Crippen LogP contribution < -0.4 is 10.3 Å². The molecule has 30 heavy (non-hydrogen) atoms. The molecule has 1 aromatic carbocycles. The van der Waals surface area contributed by atoms with E-state index in [0.29, 0.717) is 5.92 Å². The number of methoxy groups -OCH3 is 1. The maximum absolute atomic E-state index is 13.7. The fourth-order valence-corrected chi connectivity index (χ4v) is 6.55. The minimum absolute atomic E-state index is 0.0771. The van der Waals surface area contributed by atoms with Gasteiger partial charge in [-0.1, -0.05) is 44.9 Å². The predicted octanol–water partition coefficient (Wildman–Crippen LogP) is 6.25. The van der Waals surface area contributed by atoms with E-state index in [1.807, 2.05) is 28.8 Å². The van der Waals surface area contributed by atoms with Gasteiger partial charge in [0.25, 0.3) is 5.56 Å². The molecule has 0 fully saturated rings. The Morgan fingerprint density at radius 2 is 2.03 bits per heavy atom. The van der Waals surface area contributed by atoms with Crippen molar-refractivity contribution in [2.75, 3.05) is 12.9 Å². The fraction of sp³-hybridized carbons (Fsp3) is 0.500. The summed E-state index contributed by atoms with van der Waals surface area (Å²) in [4.78, 5) is 21.0. The number of ether oxygens (including phenoxy) is 1. The standard InChI is InChI=1S/C24H30N2O2S2/c1-4-5-6-7-14-29-24-25-22-21(19-13-8-16(2)15-20(19)30-22)23(27)26(24)17-9-11-18(28-3)12-10-17/h9-12,16H,4-8,13-15H2,1-3H3/t16-/m1/s1. The zero-order chi connectivity index (χ0) is 21.1. The van der Waals surface area contributed by atoms with Crippen LogP contribution in [0.25, 0.3) is 15.9 Å². The van der Waals surface area contributed by atoms with E-state index in [-0.39, 0.29) is 5.56 Å². The van der Waals surface area contributed by atoms with Crippen molar-refractivity contribution in [1.29, 1.82) is 0 Å². The van der Waals surface area contributed by atoms with E-state index >= 15 is 0 Å². The zero-order valence-corrected chi connectivity index (χ0v) is 19.7. The topological polar surface area (TPSA) is 44.1 Å². The summed E-state index contributed by atoms with van der Waals surface area (Å²) in [5.41, 5.74) is 2.18. The molecule has 6 heteroatoms. The molecular formula is C24H30N2O2S2. The highest BCUT2D eigenvalue weighted by atomic mass is 32.2. The van der Waals surface area contributed by atoms with Crippen molar-refractivity contribution in [2.45, 2.75) is 63.9 Å². The number of aromatic nitrogens is 2. The molecule has 4 nitrogen and oxygen atoms in total. The highest BCUT2D eigenvalue weighted by Crippen LogP contribution is 2.37. The molecule has 0 amide bonds. The van der Waals surface area contributed by atoms with Gasteiger partial charge in [0.05, 0.1) is 18.2 Å². The zero-order valence-electron chi connectivity index (χ0n) is 18.1. The second kappa shape index (κ2) is 9.56. The largest absolute Gasteiger partial charge is 0.497 e. The van der Waals surface area contributed by atoms with E-state index in [1.54, 1.807) is 30.2 Å². The molecule has 2 aromatic heterocycles. The van der Waals surface area contributed by atoms with Gasteiger partial charge in [-0.25, -0.2) is 4.98 Å². The van der Waals surface area contributed by atoms with Gasteiger partial charge >= 0.3 is 0 Å². The Labute approximate surface area is 186 Å². The van der Waals surface area contributed by atoms with Gasteiger partial charge in [-0.3, -0.25) is 9.36 Å². The number of aryl methyl sites for hydroxylation is 1. The van der Waals surface area contributed by atoms with Crippen LogP contribution in [0.5, 0.6) is 5.75 Å². The third-order valence-corrected chi connectivity index (χ3v) is 8.03.